The normalized spacial score (nSPS) is 13.0. The number of nitrogens with zero attached hydrogens (tertiary/aromatic N) is 2. The van der Waals surface area contributed by atoms with Gasteiger partial charge in [0.05, 0.1) is 18.2 Å². The third-order valence-corrected chi connectivity index (χ3v) is 4.38. The maximum Gasteiger partial charge on any atom is 0.0997 e. The third kappa shape index (κ3) is 2.25. The lowest BCUT2D eigenvalue weighted by Crippen LogP contribution is -1.96. The van der Waals surface area contributed by atoms with E-state index < -0.39 is 0 Å². The lowest BCUT2D eigenvalue weighted by atomic mass is 10.1. The van der Waals surface area contributed by atoms with Crippen LogP contribution in [0, 0.1) is 0 Å². The molecule has 2 heterocycles. The fraction of sp³-hybridized carbons (Fsp3) is 0.118. The van der Waals surface area contributed by atoms with Crippen molar-refractivity contribution in [2.75, 3.05) is 11.9 Å². The van der Waals surface area contributed by atoms with Gasteiger partial charge in [0.2, 0.25) is 0 Å². The number of fused-ring (bicyclic) bond motifs is 1. The van der Waals surface area contributed by atoms with Gasteiger partial charge in [0.15, 0.2) is 0 Å². The smallest absolute Gasteiger partial charge is 0.0997 e. The lowest BCUT2D eigenvalue weighted by Gasteiger charge is -2.10. The summed E-state index contributed by atoms with van der Waals surface area (Å²) >= 11 is 3.48. The van der Waals surface area contributed by atoms with Crippen molar-refractivity contribution in [3.05, 3.63) is 65.0 Å². The first kappa shape index (κ1) is 12.7. The summed E-state index contributed by atoms with van der Waals surface area (Å²) in [5, 5.41) is 3.40. The van der Waals surface area contributed by atoms with Crippen molar-refractivity contribution in [3.8, 4) is 16.9 Å². The van der Waals surface area contributed by atoms with E-state index in [1.807, 2.05) is 12.5 Å². The van der Waals surface area contributed by atoms with Crippen LogP contribution >= 0.6 is 15.9 Å². The van der Waals surface area contributed by atoms with E-state index in [9.17, 15) is 0 Å². The molecule has 0 radical (unpaired) electrons. The van der Waals surface area contributed by atoms with Gasteiger partial charge in [-0.3, -0.25) is 4.57 Å². The SMILES string of the molecule is Brc1ccc(-c2cncn2-c2ccc3c(c2)CCN3)cc1. The zero-order chi connectivity index (χ0) is 14.2. The molecule has 21 heavy (non-hydrogen) atoms. The Labute approximate surface area is 131 Å². The Hall–Kier alpha value is -2.07. The molecule has 0 amide bonds. The summed E-state index contributed by atoms with van der Waals surface area (Å²) in [5.41, 5.74) is 6.06. The number of anilines is 1. The van der Waals surface area contributed by atoms with E-state index in [1.165, 1.54) is 11.3 Å². The first-order chi connectivity index (χ1) is 10.3. The van der Waals surface area contributed by atoms with Gasteiger partial charge in [0.25, 0.3) is 0 Å². The van der Waals surface area contributed by atoms with Crippen molar-refractivity contribution in [1.82, 2.24) is 9.55 Å². The third-order valence-electron chi connectivity index (χ3n) is 3.86. The standard InChI is InChI=1S/C17H14BrN3/c18-14-3-1-12(2-4-14)17-10-19-11-21(17)15-5-6-16-13(9-15)7-8-20-16/h1-6,9-11,20H,7-8H2. The van der Waals surface area contributed by atoms with E-state index in [-0.39, 0.29) is 0 Å². The number of hydrogen-bond donors (Lipinski definition) is 1. The number of benzene rings is 2. The molecule has 0 atom stereocenters. The Balaban J connectivity index is 1.80. The Bertz CT molecular complexity index is 790. The fourth-order valence-electron chi connectivity index (χ4n) is 2.78. The van der Waals surface area contributed by atoms with Gasteiger partial charge in [0.1, 0.15) is 0 Å². The van der Waals surface area contributed by atoms with Crippen LogP contribution in [0.15, 0.2) is 59.5 Å². The monoisotopic (exact) mass is 339 g/mol. The summed E-state index contributed by atoms with van der Waals surface area (Å²) in [4.78, 5) is 4.33. The molecule has 1 aliphatic rings. The molecular weight excluding hydrogens is 326 g/mol. The predicted molar refractivity (Wildman–Crippen MR) is 88.9 cm³/mol. The number of aromatic nitrogens is 2. The van der Waals surface area contributed by atoms with Crippen LogP contribution in [0.3, 0.4) is 0 Å². The molecule has 1 aromatic heterocycles. The Morgan fingerprint density at radius 2 is 1.95 bits per heavy atom. The summed E-state index contributed by atoms with van der Waals surface area (Å²) in [6.45, 7) is 1.03. The highest BCUT2D eigenvalue weighted by Gasteiger charge is 2.12. The maximum atomic E-state index is 4.33. The average molecular weight is 340 g/mol. The van der Waals surface area contributed by atoms with Crippen molar-refractivity contribution in [1.29, 1.82) is 0 Å². The van der Waals surface area contributed by atoms with Crippen molar-refractivity contribution < 1.29 is 0 Å². The average Bonchev–Trinajstić information content (AvgIpc) is 3.16. The van der Waals surface area contributed by atoms with Crippen molar-refractivity contribution in [3.63, 3.8) is 0 Å². The van der Waals surface area contributed by atoms with E-state index in [0.717, 1.165) is 34.4 Å². The van der Waals surface area contributed by atoms with Gasteiger partial charge in [0, 0.05) is 28.0 Å². The van der Waals surface area contributed by atoms with Crippen LogP contribution in [0.5, 0.6) is 0 Å². The molecule has 0 bridgehead atoms. The molecule has 0 saturated carbocycles. The molecule has 0 saturated heterocycles. The summed E-state index contributed by atoms with van der Waals surface area (Å²) in [5.74, 6) is 0. The number of halogens is 1. The maximum absolute atomic E-state index is 4.33. The Morgan fingerprint density at radius 3 is 2.81 bits per heavy atom. The van der Waals surface area contributed by atoms with Gasteiger partial charge in [-0.2, -0.15) is 0 Å². The molecule has 4 rings (SSSR count). The molecule has 2 aromatic carbocycles. The number of imidazole rings is 1. The van der Waals surface area contributed by atoms with Crippen LogP contribution in [0.4, 0.5) is 5.69 Å². The quantitative estimate of drug-likeness (QED) is 0.755. The van der Waals surface area contributed by atoms with Crippen LogP contribution in [-0.4, -0.2) is 16.1 Å². The second-order valence-corrected chi connectivity index (χ2v) is 6.09. The number of hydrogen-bond acceptors (Lipinski definition) is 2. The van der Waals surface area contributed by atoms with Crippen LogP contribution in [0.2, 0.25) is 0 Å². The van der Waals surface area contributed by atoms with Crippen molar-refractivity contribution in [2.45, 2.75) is 6.42 Å². The molecule has 1 aliphatic heterocycles. The van der Waals surface area contributed by atoms with E-state index in [1.54, 1.807) is 0 Å². The largest absolute Gasteiger partial charge is 0.384 e. The zero-order valence-electron chi connectivity index (χ0n) is 11.4. The van der Waals surface area contributed by atoms with Gasteiger partial charge >= 0.3 is 0 Å². The highest BCUT2D eigenvalue weighted by atomic mass is 79.9. The van der Waals surface area contributed by atoms with Crippen LogP contribution in [-0.2, 0) is 6.42 Å². The summed E-state index contributed by atoms with van der Waals surface area (Å²) < 4.78 is 3.22. The minimum Gasteiger partial charge on any atom is -0.384 e. The Kier molecular flexibility index (Phi) is 3.04. The molecule has 1 N–H and O–H groups in total. The second-order valence-electron chi connectivity index (χ2n) is 5.17. The first-order valence-electron chi connectivity index (χ1n) is 6.97. The van der Waals surface area contributed by atoms with Crippen LogP contribution < -0.4 is 5.32 Å². The molecule has 0 aliphatic carbocycles. The predicted octanol–water partition coefficient (Wildman–Crippen LogP) is 4.27. The topological polar surface area (TPSA) is 29.9 Å². The van der Waals surface area contributed by atoms with Gasteiger partial charge in [-0.1, -0.05) is 28.1 Å². The van der Waals surface area contributed by atoms with E-state index in [4.69, 9.17) is 0 Å². The zero-order valence-corrected chi connectivity index (χ0v) is 13.0. The number of rotatable bonds is 2. The van der Waals surface area contributed by atoms with Gasteiger partial charge < -0.3 is 5.32 Å². The van der Waals surface area contributed by atoms with Gasteiger partial charge in [-0.05, 0) is 42.3 Å². The molecule has 4 heteroatoms. The minimum absolute atomic E-state index is 1.03. The minimum atomic E-state index is 1.03. The Morgan fingerprint density at radius 1 is 1.10 bits per heavy atom. The summed E-state index contributed by atoms with van der Waals surface area (Å²) in [6, 6.07) is 14.9. The molecule has 104 valence electrons. The first-order valence-corrected chi connectivity index (χ1v) is 7.76. The van der Waals surface area contributed by atoms with Gasteiger partial charge in [-0.15, -0.1) is 0 Å². The molecule has 0 unspecified atom stereocenters. The lowest BCUT2D eigenvalue weighted by molar-refractivity contribution is 1.05. The molecule has 0 fully saturated rings. The second kappa shape index (κ2) is 5.04. The van der Waals surface area contributed by atoms with E-state index in [0.29, 0.717) is 0 Å². The highest BCUT2D eigenvalue weighted by molar-refractivity contribution is 9.10. The van der Waals surface area contributed by atoms with Crippen molar-refractivity contribution >= 4 is 21.6 Å². The van der Waals surface area contributed by atoms with Crippen LogP contribution in [0.1, 0.15) is 5.56 Å². The molecular formula is C17H14BrN3. The molecule has 3 aromatic rings. The number of nitrogens with one attached hydrogen (secondary N) is 1. The fourth-order valence-corrected chi connectivity index (χ4v) is 3.04. The van der Waals surface area contributed by atoms with E-state index in [2.05, 4.69) is 73.3 Å². The molecule has 3 nitrogen and oxygen atoms in total. The van der Waals surface area contributed by atoms with E-state index >= 15 is 0 Å². The molecule has 0 spiro atoms. The van der Waals surface area contributed by atoms with Crippen molar-refractivity contribution in [2.24, 2.45) is 0 Å². The summed E-state index contributed by atoms with van der Waals surface area (Å²) in [6.07, 6.45) is 4.88. The summed E-state index contributed by atoms with van der Waals surface area (Å²) in [7, 11) is 0. The highest BCUT2D eigenvalue weighted by Crippen LogP contribution is 2.28. The van der Waals surface area contributed by atoms with Gasteiger partial charge in [-0.25, -0.2) is 4.98 Å². The van der Waals surface area contributed by atoms with Crippen LogP contribution in [0.25, 0.3) is 16.9 Å².